The number of methoxy groups -OCH3 is 1. The number of rotatable bonds is 7. The molecule has 0 radical (unpaired) electrons. The van der Waals surface area contributed by atoms with Crippen LogP contribution in [0.5, 0.6) is 11.5 Å². The third kappa shape index (κ3) is 5.59. The molecule has 1 aliphatic rings. The van der Waals surface area contributed by atoms with E-state index in [-0.39, 0.29) is 23.2 Å². The zero-order valence-electron chi connectivity index (χ0n) is 19.6. The lowest BCUT2D eigenvalue weighted by Crippen LogP contribution is -2.54. The molecule has 3 amide bonds. The molecule has 0 aromatic heterocycles. The lowest BCUT2D eigenvalue weighted by Gasteiger charge is -2.28. The molecule has 1 aliphatic heterocycles. The highest BCUT2D eigenvalue weighted by Gasteiger charge is 2.34. The monoisotopic (exact) mass is 501 g/mol. The van der Waals surface area contributed by atoms with E-state index in [1.165, 1.54) is 17.9 Å². The molecular formula is C27H23N3O5S. The molecule has 0 unspecified atom stereocenters. The van der Waals surface area contributed by atoms with E-state index in [1.807, 2.05) is 6.07 Å². The van der Waals surface area contributed by atoms with Crippen LogP contribution in [0.4, 0.5) is 11.4 Å². The first-order valence-corrected chi connectivity index (χ1v) is 11.4. The van der Waals surface area contributed by atoms with E-state index in [1.54, 1.807) is 73.8 Å². The minimum absolute atomic E-state index is 0.0293. The molecule has 1 heterocycles. The molecule has 3 aromatic carbocycles. The molecule has 0 saturated carbocycles. The summed E-state index contributed by atoms with van der Waals surface area (Å²) in [6, 6.07) is 21.1. The predicted molar refractivity (Wildman–Crippen MR) is 141 cm³/mol. The summed E-state index contributed by atoms with van der Waals surface area (Å²) in [5.74, 6) is -0.0339. The molecule has 0 aliphatic carbocycles. The van der Waals surface area contributed by atoms with Crippen LogP contribution in [0.2, 0.25) is 0 Å². The van der Waals surface area contributed by atoms with Crippen molar-refractivity contribution in [3.63, 3.8) is 0 Å². The second-order valence-corrected chi connectivity index (χ2v) is 8.25. The van der Waals surface area contributed by atoms with E-state index in [9.17, 15) is 14.4 Å². The number of anilines is 2. The summed E-state index contributed by atoms with van der Waals surface area (Å²) in [4.78, 5) is 38.3. The van der Waals surface area contributed by atoms with Crippen LogP contribution >= 0.6 is 12.2 Å². The molecule has 9 heteroatoms. The van der Waals surface area contributed by atoms with Gasteiger partial charge in [0.05, 0.1) is 12.8 Å². The van der Waals surface area contributed by atoms with Gasteiger partial charge in [-0.3, -0.25) is 24.6 Å². The SMILES string of the molecule is COc1ccc(C=C2C(=O)NC(=S)N(c3ccccc3)C2=O)cc1COc1ccc(NC(C)=O)cc1. The van der Waals surface area contributed by atoms with E-state index >= 15 is 0 Å². The largest absolute Gasteiger partial charge is 0.496 e. The van der Waals surface area contributed by atoms with Gasteiger partial charge in [0.2, 0.25) is 5.91 Å². The molecule has 0 spiro atoms. The maximum Gasteiger partial charge on any atom is 0.270 e. The zero-order valence-corrected chi connectivity index (χ0v) is 20.4. The van der Waals surface area contributed by atoms with Gasteiger partial charge in [-0.15, -0.1) is 0 Å². The van der Waals surface area contributed by atoms with Gasteiger partial charge in [0.1, 0.15) is 23.7 Å². The lowest BCUT2D eigenvalue weighted by molar-refractivity contribution is -0.122. The number of thiocarbonyl (C=S) groups is 1. The highest BCUT2D eigenvalue weighted by atomic mass is 32.1. The van der Waals surface area contributed by atoms with Crippen molar-refractivity contribution in [1.29, 1.82) is 0 Å². The number of hydrogen-bond acceptors (Lipinski definition) is 6. The number of para-hydroxylation sites is 1. The molecule has 3 aromatic rings. The zero-order chi connectivity index (χ0) is 25.7. The Morgan fingerprint density at radius 1 is 1.06 bits per heavy atom. The molecule has 1 saturated heterocycles. The highest BCUT2D eigenvalue weighted by Crippen LogP contribution is 2.26. The number of ether oxygens (including phenoxy) is 2. The van der Waals surface area contributed by atoms with Crippen LogP contribution in [0, 0.1) is 0 Å². The van der Waals surface area contributed by atoms with Crippen LogP contribution in [-0.4, -0.2) is 29.9 Å². The number of amides is 3. The first-order valence-electron chi connectivity index (χ1n) is 11.0. The quantitative estimate of drug-likeness (QED) is 0.288. The summed E-state index contributed by atoms with van der Waals surface area (Å²) < 4.78 is 11.3. The summed E-state index contributed by atoms with van der Waals surface area (Å²) in [5.41, 5.74) is 2.52. The van der Waals surface area contributed by atoms with E-state index < -0.39 is 11.8 Å². The van der Waals surface area contributed by atoms with Crippen LogP contribution in [0.25, 0.3) is 6.08 Å². The van der Waals surface area contributed by atoms with Gasteiger partial charge in [-0.2, -0.15) is 0 Å². The maximum atomic E-state index is 13.2. The van der Waals surface area contributed by atoms with Crippen molar-refractivity contribution in [1.82, 2.24) is 5.32 Å². The molecule has 2 N–H and O–H groups in total. The first kappa shape index (κ1) is 24.6. The fourth-order valence-corrected chi connectivity index (χ4v) is 3.92. The van der Waals surface area contributed by atoms with Crippen molar-refractivity contribution < 1.29 is 23.9 Å². The van der Waals surface area contributed by atoms with Crippen molar-refractivity contribution in [2.75, 3.05) is 17.3 Å². The highest BCUT2D eigenvalue weighted by molar-refractivity contribution is 7.80. The Morgan fingerprint density at radius 3 is 2.44 bits per heavy atom. The number of hydrogen-bond donors (Lipinski definition) is 2. The number of carbonyl (C=O) groups is 3. The maximum absolute atomic E-state index is 13.2. The van der Waals surface area contributed by atoms with Crippen molar-refractivity contribution >= 4 is 52.5 Å². The Bertz CT molecular complexity index is 1350. The minimum Gasteiger partial charge on any atom is -0.496 e. The smallest absolute Gasteiger partial charge is 0.270 e. The van der Waals surface area contributed by atoms with Crippen molar-refractivity contribution in [2.45, 2.75) is 13.5 Å². The molecule has 8 nitrogen and oxygen atoms in total. The van der Waals surface area contributed by atoms with Crippen LogP contribution < -0.4 is 25.0 Å². The Hall–Kier alpha value is -4.50. The number of benzene rings is 3. The van der Waals surface area contributed by atoms with E-state index in [0.717, 1.165) is 5.56 Å². The standard InChI is InChI=1S/C27H23N3O5S/c1-17(31)28-20-9-11-22(12-10-20)35-16-19-14-18(8-13-24(19)34-2)15-23-25(32)29-27(36)30(26(23)33)21-6-4-3-5-7-21/h3-15H,16H2,1-2H3,(H,28,31)(H,29,32,36). The summed E-state index contributed by atoms with van der Waals surface area (Å²) in [7, 11) is 1.55. The summed E-state index contributed by atoms with van der Waals surface area (Å²) in [6.07, 6.45) is 1.51. The minimum atomic E-state index is -0.565. The van der Waals surface area contributed by atoms with E-state index in [0.29, 0.717) is 28.4 Å². The van der Waals surface area contributed by atoms with Crippen LogP contribution in [0.3, 0.4) is 0 Å². The molecule has 1 fully saturated rings. The average molecular weight is 502 g/mol. The number of nitrogens with zero attached hydrogens (tertiary/aromatic N) is 1. The summed E-state index contributed by atoms with van der Waals surface area (Å²) in [5, 5.41) is 5.31. The number of carbonyl (C=O) groups excluding carboxylic acids is 3. The molecular weight excluding hydrogens is 478 g/mol. The lowest BCUT2D eigenvalue weighted by atomic mass is 10.0. The Morgan fingerprint density at radius 2 is 1.78 bits per heavy atom. The Balaban J connectivity index is 1.56. The van der Waals surface area contributed by atoms with Gasteiger partial charge in [0, 0.05) is 18.2 Å². The van der Waals surface area contributed by atoms with Gasteiger partial charge in [-0.1, -0.05) is 24.3 Å². The van der Waals surface area contributed by atoms with Gasteiger partial charge in [0.25, 0.3) is 11.8 Å². The fraction of sp³-hybridized carbons (Fsp3) is 0.111. The van der Waals surface area contributed by atoms with Gasteiger partial charge < -0.3 is 14.8 Å². The Kier molecular flexibility index (Phi) is 7.41. The van der Waals surface area contributed by atoms with Gasteiger partial charge in [-0.25, -0.2) is 0 Å². The summed E-state index contributed by atoms with van der Waals surface area (Å²) >= 11 is 5.24. The molecule has 0 bridgehead atoms. The van der Waals surface area contributed by atoms with Gasteiger partial charge in [-0.05, 0) is 72.4 Å². The van der Waals surface area contributed by atoms with Crippen LogP contribution in [0.15, 0.2) is 78.4 Å². The third-order valence-corrected chi connectivity index (χ3v) is 5.59. The van der Waals surface area contributed by atoms with Crippen molar-refractivity contribution in [3.8, 4) is 11.5 Å². The first-order chi connectivity index (χ1) is 17.4. The fourth-order valence-electron chi connectivity index (χ4n) is 3.64. The predicted octanol–water partition coefficient (Wildman–Crippen LogP) is 4.06. The van der Waals surface area contributed by atoms with Crippen molar-refractivity contribution in [2.24, 2.45) is 0 Å². The second-order valence-electron chi connectivity index (χ2n) is 7.86. The molecule has 36 heavy (non-hydrogen) atoms. The summed E-state index contributed by atoms with van der Waals surface area (Å²) in [6.45, 7) is 1.62. The Labute approximate surface area is 213 Å². The normalized spacial score (nSPS) is 14.4. The number of nitrogens with one attached hydrogen (secondary N) is 2. The van der Waals surface area contributed by atoms with Gasteiger partial charge >= 0.3 is 0 Å². The van der Waals surface area contributed by atoms with Crippen LogP contribution in [0.1, 0.15) is 18.1 Å². The second kappa shape index (κ2) is 10.8. The van der Waals surface area contributed by atoms with Gasteiger partial charge in [0.15, 0.2) is 5.11 Å². The molecule has 0 atom stereocenters. The molecule has 4 rings (SSSR count). The third-order valence-electron chi connectivity index (χ3n) is 5.30. The van der Waals surface area contributed by atoms with E-state index in [4.69, 9.17) is 21.7 Å². The van der Waals surface area contributed by atoms with E-state index in [2.05, 4.69) is 10.6 Å². The van der Waals surface area contributed by atoms with Crippen molar-refractivity contribution in [3.05, 3.63) is 89.5 Å². The van der Waals surface area contributed by atoms with Crippen LogP contribution in [-0.2, 0) is 21.0 Å². The topological polar surface area (TPSA) is 97.0 Å². The molecule has 182 valence electrons. The average Bonchev–Trinajstić information content (AvgIpc) is 2.86.